The van der Waals surface area contributed by atoms with Gasteiger partial charge in [0.15, 0.2) is 0 Å². The molecular formula is C26H16F6. The second kappa shape index (κ2) is 8.19. The minimum atomic E-state index is -4.39. The van der Waals surface area contributed by atoms with E-state index in [1.54, 1.807) is 0 Å². The second-order valence-corrected chi connectivity index (χ2v) is 7.31. The predicted molar refractivity (Wildman–Crippen MR) is 113 cm³/mol. The summed E-state index contributed by atoms with van der Waals surface area (Å²) in [6, 6.07) is 24.7. The number of halogens is 6. The van der Waals surface area contributed by atoms with E-state index in [0.717, 1.165) is 46.5 Å². The van der Waals surface area contributed by atoms with Gasteiger partial charge in [0.05, 0.1) is 11.1 Å². The van der Waals surface area contributed by atoms with Crippen molar-refractivity contribution in [2.45, 2.75) is 12.4 Å². The molecule has 0 bridgehead atoms. The number of benzene rings is 4. The molecule has 0 radical (unpaired) electrons. The summed E-state index contributed by atoms with van der Waals surface area (Å²) in [5, 5.41) is 0. The highest BCUT2D eigenvalue weighted by Crippen LogP contribution is 2.34. The molecule has 0 aliphatic carbocycles. The van der Waals surface area contributed by atoms with E-state index in [4.69, 9.17) is 0 Å². The van der Waals surface area contributed by atoms with Crippen molar-refractivity contribution in [3.63, 3.8) is 0 Å². The highest BCUT2D eigenvalue weighted by molar-refractivity contribution is 5.77. The average molecular weight is 442 g/mol. The Labute approximate surface area is 180 Å². The second-order valence-electron chi connectivity index (χ2n) is 7.31. The molecule has 0 spiro atoms. The van der Waals surface area contributed by atoms with Gasteiger partial charge in [-0.1, -0.05) is 60.7 Å². The van der Waals surface area contributed by atoms with Gasteiger partial charge in [-0.15, -0.1) is 0 Å². The molecule has 0 saturated carbocycles. The molecule has 0 saturated heterocycles. The highest BCUT2D eigenvalue weighted by Gasteiger charge is 2.30. The van der Waals surface area contributed by atoms with Gasteiger partial charge in [-0.3, -0.25) is 0 Å². The summed E-state index contributed by atoms with van der Waals surface area (Å²) < 4.78 is 76.9. The molecule has 0 unspecified atom stereocenters. The molecule has 0 aliphatic heterocycles. The molecular weight excluding hydrogens is 426 g/mol. The van der Waals surface area contributed by atoms with Crippen LogP contribution in [0.5, 0.6) is 0 Å². The maximum absolute atomic E-state index is 12.8. The molecule has 0 nitrogen and oxygen atoms in total. The number of hydrogen-bond acceptors (Lipinski definition) is 0. The number of alkyl halides is 6. The summed E-state index contributed by atoms with van der Waals surface area (Å²) in [5.74, 6) is 0. The van der Waals surface area contributed by atoms with E-state index in [9.17, 15) is 26.3 Å². The smallest absolute Gasteiger partial charge is 0.166 e. The lowest BCUT2D eigenvalue weighted by Crippen LogP contribution is -2.04. The zero-order valence-electron chi connectivity index (χ0n) is 16.5. The third kappa shape index (κ3) is 4.69. The molecule has 6 heteroatoms. The normalized spacial score (nSPS) is 12.1. The van der Waals surface area contributed by atoms with Crippen LogP contribution in [0.15, 0.2) is 97.1 Å². The molecule has 0 atom stereocenters. The standard InChI is InChI=1S/C26H16F6/c27-25(28,29)23-11-7-17(8-12-23)19-3-1-5-21(15-19)22-6-2-4-20(16-22)18-9-13-24(14-10-18)26(30,31)32/h1-16H. The van der Waals surface area contributed by atoms with Crippen molar-refractivity contribution in [3.8, 4) is 33.4 Å². The van der Waals surface area contributed by atoms with Gasteiger partial charge in [-0.2, -0.15) is 26.3 Å². The van der Waals surface area contributed by atoms with Crippen molar-refractivity contribution in [1.82, 2.24) is 0 Å². The van der Waals surface area contributed by atoms with E-state index in [1.165, 1.54) is 24.3 Å². The van der Waals surface area contributed by atoms with Crippen molar-refractivity contribution < 1.29 is 26.3 Å². The topological polar surface area (TPSA) is 0 Å². The third-order valence-corrected chi connectivity index (χ3v) is 5.15. The van der Waals surface area contributed by atoms with Gasteiger partial charge in [0, 0.05) is 0 Å². The molecule has 32 heavy (non-hydrogen) atoms. The van der Waals surface area contributed by atoms with Crippen LogP contribution in [-0.4, -0.2) is 0 Å². The Hall–Kier alpha value is -3.54. The lowest BCUT2D eigenvalue weighted by molar-refractivity contribution is -0.138. The van der Waals surface area contributed by atoms with Gasteiger partial charge >= 0.3 is 12.4 Å². The van der Waals surface area contributed by atoms with E-state index < -0.39 is 23.5 Å². The molecule has 0 aromatic heterocycles. The number of rotatable bonds is 3. The van der Waals surface area contributed by atoms with Crippen LogP contribution in [0.3, 0.4) is 0 Å². The third-order valence-electron chi connectivity index (χ3n) is 5.15. The Balaban J connectivity index is 1.64. The fraction of sp³-hybridized carbons (Fsp3) is 0.0769. The first-order valence-corrected chi connectivity index (χ1v) is 9.67. The summed E-state index contributed by atoms with van der Waals surface area (Å²) in [5.41, 5.74) is 3.10. The van der Waals surface area contributed by atoms with Gasteiger partial charge in [-0.25, -0.2) is 0 Å². The molecule has 4 rings (SSSR count). The fourth-order valence-electron chi connectivity index (χ4n) is 3.46. The van der Waals surface area contributed by atoms with E-state index in [-0.39, 0.29) is 0 Å². The van der Waals surface area contributed by atoms with Gasteiger partial charge in [0.1, 0.15) is 0 Å². The molecule has 0 amide bonds. The van der Waals surface area contributed by atoms with Crippen LogP contribution < -0.4 is 0 Å². The molecule has 162 valence electrons. The van der Waals surface area contributed by atoms with Crippen LogP contribution in [0.1, 0.15) is 11.1 Å². The quantitative estimate of drug-likeness (QED) is 0.278. The maximum atomic E-state index is 12.8. The van der Waals surface area contributed by atoms with Crippen molar-refractivity contribution in [1.29, 1.82) is 0 Å². The molecule has 0 N–H and O–H groups in total. The summed E-state index contributed by atoms with van der Waals surface area (Å²) in [6.07, 6.45) is -8.78. The van der Waals surface area contributed by atoms with Crippen molar-refractivity contribution in [2.75, 3.05) is 0 Å². The Morgan fingerprint density at radius 3 is 0.906 bits per heavy atom. The van der Waals surface area contributed by atoms with E-state index in [1.807, 2.05) is 48.5 Å². The van der Waals surface area contributed by atoms with Crippen LogP contribution in [0, 0.1) is 0 Å². The van der Waals surface area contributed by atoms with Crippen molar-refractivity contribution in [2.24, 2.45) is 0 Å². The summed E-state index contributed by atoms with van der Waals surface area (Å²) in [7, 11) is 0. The van der Waals surface area contributed by atoms with Crippen LogP contribution in [0.2, 0.25) is 0 Å². The van der Waals surface area contributed by atoms with Crippen molar-refractivity contribution >= 4 is 0 Å². The van der Waals surface area contributed by atoms with Crippen LogP contribution in [-0.2, 0) is 12.4 Å². The van der Waals surface area contributed by atoms with Gasteiger partial charge in [0.2, 0.25) is 0 Å². The van der Waals surface area contributed by atoms with Crippen molar-refractivity contribution in [3.05, 3.63) is 108 Å². The largest absolute Gasteiger partial charge is 0.416 e. The molecule has 4 aromatic rings. The Morgan fingerprint density at radius 2 is 0.625 bits per heavy atom. The summed E-state index contributed by atoms with van der Waals surface area (Å²) in [4.78, 5) is 0. The fourth-order valence-corrected chi connectivity index (χ4v) is 3.46. The minimum absolute atomic E-state index is 0.652. The first-order valence-electron chi connectivity index (χ1n) is 9.67. The highest BCUT2D eigenvalue weighted by atomic mass is 19.4. The Bertz CT molecular complexity index is 1120. The number of hydrogen-bond donors (Lipinski definition) is 0. The average Bonchev–Trinajstić information content (AvgIpc) is 2.78. The van der Waals surface area contributed by atoms with Crippen LogP contribution >= 0.6 is 0 Å². The molecule has 0 heterocycles. The zero-order chi connectivity index (χ0) is 22.9. The van der Waals surface area contributed by atoms with Gasteiger partial charge in [0.25, 0.3) is 0 Å². The molecule has 4 aromatic carbocycles. The van der Waals surface area contributed by atoms with Gasteiger partial charge in [-0.05, 0) is 69.8 Å². The summed E-state index contributed by atoms with van der Waals surface area (Å²) in [6.45, 7) is 0. The first kappa shape index (κ1) is 21.7. The van der Waals surface area contributed by atoms with E-state index in [0.29, 0.717) is 11.1 Å². The minimum Gasteiger partial charge on any atom is -0.166 e. The first-order chi connectivity index (χ1) is 15.1. The van der Waals surface area contributed by atoms with Gasteiger partial charge < -0.3 is 0 Å². The Kier molecular flexibility index (Phi) is 5.55. The molecule has 0 fully saturated rings. The van der Waals surface area contributed by atoms with E-state index >= 15 is 0 Å². The van der Waals surface area contributed by atoms with Crippen LogP contribution in [0.4, 0.5) is 26.3 Å². The SMILES string of the molecule is FC(F)(F)c1ccc(-c2cccc(-c3cccc(-c4ccc(C(F)(F)F)cc4)c3)c2)cc1. The monoisotopic (exact) mass is 442 g/mol. The maximum Gasteiger partial charge on any atom is 0.416 e. The van der Waals surface area contributed by atoms with Crippen LogP contribution in [0.25, 0.3) is 33.4 Å². The lowest BCUT2D eigenvalue weighted by atomic mass is 9.95. The summed E-state index contributed by atoms with van der Waals surface area (Å²) >= 11 is 0. The zero-order valence-corrected chi connectivity index (χ0v) is 16.5. The predicted octanol–water partition coefficient (Wildman–Crippen LogP) is 8.73. The Morgan fingerprint density at radius 1 is 0.344 bits per heavy atom. The lowest BCUT2D eigenvalue weighted by Gasteiger charge is -2.11. The molecule has 0 aliphatic rings. The van der Waals surface area contributed by atoms with E-state index in [2.05, 4.69) is 0 Å².